The molecule has 28 heavy (non-hydrogen) atoms. The number of hydrogen-bond acceptors (Lipinski definition) is 6. The summed E-state index contributed by atoms with van der Waals surface area (Å²) in [7, 11) is 1.54. The summed E-state index contributed by atoms with van der Waals surface area (Å²) in [5, 5.41) is 3.90. The van der Waals surface area contributed by atoms with Crippen molar-refractivity contribution in [3.63, 3.8) is 0 Å². The molecule has 0 saturated carbocycles. The molecule has 1 amide bonds. The van der Waals surface area contributed by atoms with Crippen LogP contribution in [-0.2, 0) is 9.53 Å². The van der Waals surface area contributed by atoms with E-state index in [0.717, 1.165) is 5.56 Å². The van der Waals surface area contributed by atoms with Gasteiger partial charge in [-0.05, 0) is 31.2 Å². The second kappa shape index (κ2) is 8.86. The summed E-state index contributed by atoms with van der Waals surface area (Å²) in [4.78, 5) is 29.2. The fourth-order valence-electron chi connectivity index (χ4n) is 2.43. The van der Waals surface area contributed by atoms with E-state index in [9.17, 15) is 9.59 Å². The quantitative estimate of drug-likeness (QED) is 0.595. The van der Waals surface area contributed by atoms with Crippen LogP contribution in [0.25, 0.3) is 10.6 Å². The third-order valence-corrected chi connectivity index (χ3v) is 5.16. The van der Waals surface area contributed by atoms with Gasteiger partial charge < -0.3 is 14.8 Å². The first kappa shape index (κ1) is 19.9. The minimum atomic E-state index is -0.593. The molecule has 0 unspecified atom stereocenters. The fraction of sp³-hybridized carbons (Fsp3) is 0.150. The van der Waals surface area contributed by atoms with Crippen molar-refractivity contribution in [2.24, 2.45) is 0 Å². The van der Waals surface area contributed by atoms with Crippen molar-refractivity contribution in [1.82, 2.24) is 4.98 Å². The Balaban J connectivity index is 1.62. The maximum atomic E-state index is 12.4. The van der Waals surface area contributed by atoms with Gasteiger partial charge in [-0.2, -0.15) is 0 Å². The Morgan fingerprint density at radius 3 is 2.71 bits per heavy atom. The summed E-state index contributed by atoms with van der Waals surface area (Å²) in [5.74, 6) is -0.425. The molecule has 0 aliphatic rings. The molecular formula is C20H17ClN2O4S. The highest BCUT2D eigenvalue weighted by molar-refractivity contribution is 7.17. The highest BCUT2D eigenvalue weighted by Crippen LogP contribution is 2.29. The minimum Gasteiger partial charge on any atom is -0.497 e. The van der Waals surface area contributed by atoms with Gasteiger partial charge in [0, 0.05) is 22.3 Å². The average molecular weight is 417 g/mol. The van der Waals surface area contributed by atoms with Crippen LogP contribution in [0.15, 0.2) is 48.5 Å². The van der Waals surface area contributed by atoms with E-state index in [-0.39, 0.29) is 0 Å². The Hall–Kier alpha value is -2.90. The lowest BCUT2D eigenvalue weighted by Gasteiger charge is -2.07. The van der Waals surface area contributed by atoms with Gasteiger partial charge >= 0.3 is 5.97 Å². The van der Waals surface area contributed by atoms with Crippen molar-refractivity contribution in [2.45, 2.75) is 6.92 Å². The van der Waals surface area contributed by atoms with Crippen molar-refractivity contribution >= 4 is 40.5 Å². The molecule has 0 atom stereocenters. The zero-order chi connectivity index (χ0) is 20.1. The fourth-order valence-corrected chi connectivity index (χ4v) is 3.57. The number of methoxy groups -OCH3 is 1. The first-order valence-corrected chi connectivity index (χ1v) is 9.50. The second-order valence-corrected chi connectivity index (χ2v) is 7.24. The van der Waals surface area contributed by atoms with Gasteiger partial charge in [0.2, 0.25) is 0 Å². The molecular weight excluding hydrogens is 400 g/mol. The number of benzene rings is 2. The summed E-state index contributed by atoms with van der Waals surface area (Å²) in [6, 6.07) is 14.1. The van der Waals surface area contributed by atoms with E-state index < -0.39 is 18.5 Å². The zero-order valence-electron chi connectivity index (χ0n) is 15.2. The molecule has 0 spiro atoms. The Morgan fingerprint density at radius 1 is 1.18 bits per heavy atom. The number of rotatable bonds is 6. The van der Waals surface area contributed by atoms with E-state index >= 15 is 0 Å². The zero-order valence-corrected chi connectivity index (χ0v) is 16.8. The highest BCUT2D eigenvalue weighted by atomic mass is 35.5. The standard InChI is InChI=1S/C20H17ClN2O4S/c1-12-18(28-19(22-12)13-5-3-6-14(21)9-13)20(25)27-11-17(24)23-15-7-4-8-16(10-15)26-2/h3-10H,11H2,1-2H3,(H,23,24). The molecule has 1 N–H and O–H groups in total. The number of carbonyl (C=O) groups is 2. The number of amides is 1. The van der Waals surface area contributed by atoms with Gasteiger partial charge in [0.1, 0.15) is 15.6 Å². The monoisotopic (exact) mass is 416 g/mol. The van der Waals surface area contributed by atoms with Crippen LogP contribution in [0.2, 0.25) is 5.02 Å². The van der Waals surface area contributed by atoms with Crippen LogP contribution < -0.4 is 10.1 Å². The molecule has 0 radical (unpaired) electrons. The number of carbonyl (C=O) groups excluding carboxylic acids is 2. The van der Waals surface area contributed by atoms with Gasteiger partial charge in [0.25, 0.3) is 5.91 Å². The molecule has 2 aromatic carbocycles. The number of anilines is 1. The van der Waals surface area contributed by atoms with E-state index in [0.29, 0.717) is 32.0 Å². The molecule has 3 aromatic rings. The Morgan fingerprint density at radius 2 is 1.96 bits per heavy atom. The predicted octanol–water partition coefficient (Wildman–Crippen LogP) is 4.58. The van der Waals surface area contributed by atoms with E-state index in [2.05, 4.69) is 10.3 Å². The van der Waals surface area contributed by atoms with E-state index in [1.54, 1.807) is 43.3 Å². The molecule has 1 aromatic heterocycles. The minimum absolute atomic E-state index is 0.351. The second-order valence-electron chi connectivity index (χ2n) is 5.80. The van der Waals surface area contributed by atoms with Crippen molar-refractivity contribution < 1.29 is 19.1 Å². The Bertz CT molecular complexity index is 1020. The molecule has 0 fully saturated rings. The Kier molecular flexibility index (Phi) is 6.28. The lowest BCUT2D eigenvalue weighted by molar-refractivity contribution is -0.119. The Labute approximate surface area is 171 Å². The van der Waals surface area contributed by atoms with Crippen LogP contribution >= 0.6 is 22.9 Å². The number of ether oxygens (including phenoxy) is 2. The van der Waals surface area contributed by atoms with E-state index in [1.165, 1.54) is 18.4 Å². The number of esters is 1. The van der Waals surface area contributed by atoms with Crippen LogP contribution in [0.1, 0.15) is 15.4 Å². The topological polar surface area (TPSA) is 77.5 Å². The van der Waals surface area contributed by atoms with Crippen LogP contribution in [-0.4, -0.2) is 30.6 Å². The van der Waals surface area contributed by atoms with Gasteiger partial charge in [-0.15, -0.1) is 11.3 Å². The van der Waals surface area contributed by atoms with Crippen LogP contribution in [0, 0.1) is 6.92 Å². The summed E-state index contributed by atoms with van der Waals surface area (Å²) in [6.07, 6.45) is 0. The average Bonchev–Trinajstić information content (AvgIpc) is 3.08. The van der Waals surface area contributed by atoms with Crippen molar-refractivity contribution in [2.75, 3.05) is 19.0 Å². The molecule has 144 valence electrons. The first-order chi connectivity index (χ1) is 13.5. The largest absolute Gasteiger partial charge is 0.497 e. The summed E-state index contributed by atoms with van der Waals surface area (Å²) < 4.78 is 10.2. The third-order valence-electron chi connectivity index (χ3n) is 3.74. The molecule has 1 heterocycles. The summed E-state index contributed by atoms with van der Waals surface area (Å²) in [5.41, 5.74) is 1.91. The molecule has 8 heteroatoms. The molecule has 3 rings (SSSR count). The third kappa shape index (κ3) is 4.88. The van der Waals surface area contributed by atoms with Crippen LogP contribution in [0.5, 0.6) is 5.75 Å². The number of nitrogens with zero attached hydrogens (tertiary/aromatic N) is 1. The molecule has 0 aliphatic heterocycles. The van der Waals surface area contributed by atoms with Gasteiger partial charge in [-0.1, -0.05) is 29.8 Å². The highest BCUT2D eigenvalue weighted by Gasteiger charge is 2.19. The maximum Gasteiger partial charge on any atom is 0.350 e. The lowest BCUT2D eigenvalue weighted by Crippen LogP contribution is -2.20. The lowest BCUT2D eigenvalue weighted by atomic mass is 10.2. The number of halogens is 1. The number of hydrogen-bond donors (Lipinski definition) is 1. The first-order valence-electron chi connectivity index (χ1n) is 8.30. The molecule has 6 nitrogen and oxygen atoms in total. The van der Waals surface area contributed by atoms with Crippen LogP contribution in [0.4, 0.5) is 5.69 Å². The van der Waals surface area contributed by atoms with Gasteiger partial charge in [0.05, 0.1) is 12.8 Å². The van der Waals surface area contributed by atoms with Crippen molar-refractivity contribution in [3.8, 4) is 16.3 Å². The molecule has 0 bridgehead atoms. The number of aromatic nitrogens is 1. The maximum absolute atomic E-state index is 12.4. The number of nitrogens with one attached hydrogen (secondary N) is 1. The van der Waals surface area contributed by atoms with Crippen molar-refractivity contribution in [3.05, 3.63) is 64.1 Å². The smallest absolute Gasteiger partial charge is 0.350 e. The van der Waals surface area contributed by atoms with Gasteiger partial charge in [-0.25, -0.2) is 9.78 Å². The van der Waals surface area contributed by atoms with E-state index in [1.807, 2.05) is 12.1 Å². The van der Waals surface area contributed by atoms with Crippen LogP contribution in [0.3, 0.4) is 0 Å². The molecule has 0 aliphatic carbocycles. The number of aryl methyl sites for hydroxylation is 1. The van der Waals surface area contributed by atoms with Gasteiger partial charge in [0.15, 0.2) is 6.61 Å². The predicted molar refractivity (Wildman–Crippen MR) is 109 cm³/mol. The van der Waals surface area contributed by atoms with E-state index in [4.69, 9.17) is 21.1 Å². The SMILES string of the molecule is COc1cccc(NC(=O)COC(=O)c2sc(-c3cccc(Cl)c3)nc2C)c1. The summed E-state index contributed by atoms with van der Waals surface area (Å²) in [6.45, 7) is 1.32. The van der Waals surface area contributed by atoms with Gasteiger partial charge in [-0.3, -0.25) is 4.79 Å². The normalized spacial score (nSPS) is 10.4. The summed E-state index contributed by atoms with van der Waals surface area (Å²) >= 11 is 7.20. The molecule has 0 saturated heterocycles. The van der Waals surface area contributed by atoms with Crippen molar-refractivity contribution in [1.29, 1.82) is 0 Å². The number of thiazole rings is 1.